The van der Waals surface area contributed by atoms with E-state index in [0.717, 1.165) is 37.1 Å². The lowest BCUT2D eigenvalue weighted by atomic mass is 9.70. The summed E-state index contributed by atoms with van der Waals surface area (Å²) >= 11 is 0. The molecule has 0 radical (unpaired) electrons. The van der Waals surface area contributed by atoms with Crippen molar-refractivity contribution in [3.8, 4) is 5.75 Å². The average Bonchev–Trinajstić information content (AvgIpc) is 2.98. The Morgan fingerprint density at radius 1 is 1.03 bits per heavy atom. The smallest absolute Gasteiger partial charge is 0.387 e. The van der Waals surface area contributed by atoms with Crippen LogP contribution < -0.4 is 4.74 Å². The summed E-state index contributed by atoms with van der Waals surface area (Å²) in [5.74, 6) is -0.0612. The summed E-state index contributed by atoms with van der Waals surface area (Å²) < 4.78 is 42.6. The molecule has 2 aliphatic rings. The van der Waals surface area contributed by atoms with Crippen molar-refractivity contribution in [1.29, 1.82) is 0 Å². The van der Waals surface area contributed by atoms with E-state index in [9.17, 15) is 18.0 Å². The number of amides is 1. The van der Waals surface area contributed by atoms with Crippen molar-refractivity contribution in [3.05, 3.63) is 65.5 Å². The van der Waals surface area contributed by atoms with E-state index >= 15 is 0 Å². The van der Waals surface area contributed by atoms with E-state index in [4.69, 9.17) is 0 Å². The van der Waals surface area contributed by atoms with Crippen LogP contribution >= 0.6 is 0 Å². The van der Waals surface area contributed by atoms with Gasteiger partial charge >= 0.3 is 6.61 Å². The highest BCUT2D eigenvalue weighted by atomic mass is 19.3. The molecular formula is C24H27F3N2O2. The standard InChI is InChI=1S/C24H27F3N2O2/c1-28-12-10-24(11-13-28)15-22(30)29(21(24)14-17-2-6-19(25)7-3-17)16-18-4-8-20(9-5-18)31-23(26)27/h2-9,21,23H,10-16H2,1H3. The average molecular weight is 432 g/mol. The second-order valence-electron chi connectivity index (χ2n) is 8.73. The Balaban J connectivity index is 1.57. The number of halogens is 3. The Bertz CT molecular complexity index is 894. The Morgan fingerprint density at radius 3 is 2.26 bits per heavy atom. The fraction of sp³-hybridized carbons (Fsp3) is 0.458. The molecular weight excluding hydrogens is 405 g/mol. The number of piperidine rings is 1. The van der Waals surface area contributed by atoms with Gasteiger partial charge in [0, 0.05) is 24.4 Å². The Morgan fingerprint density at radius 2 is 1.65 bits per heavy atom. The largest absolute Gasteiger partial charge is 0.435 e. The molecule has 166 valence electrons. The first-order chi connectivity index (χ1) is 14.8. The van der Waals surface area contributed by atoms with Gasteiger partial charge in [-0.15, -0.1) is 0 Å². The molecule has 2 saturated heterocycles. The van der Waals surface area contributed by atoms with Crippen LogP contribution in [-0.2, 0) is 17.8 Å². The minimum Gasteiger partial charge on any atom is -0.435 e. The number of ether oxygens (including phenoxy) is 1. The third kappa shape index (κ3) is 4.87. The molecule has 0 bridgehead atoms. The van der Waals surface area contributed by atoms with Crippen LogP contribution in [0.1, 0.15) is 30.4 Å². The van der Waals surface area contributed by atoms with Gasteiger partial charge in [-0.3, -0.25) is 4.79 Å². The van der Waals surface area contributed by atoms with Crippen molar-refractivity contribution >= 4 is 5.91 Å². The first kappa shape index (κ1) is 21.7. The van der Waals surface area contributed by atoms with Gasteiger partial charge in [-0.2, -0.15) is 8.78 Å². The van der Waals surface area contributed by atoms with Gasteiger partial charge in [0.15, 0.2) is 0 Å². The molecule has 1 atom stereocenters. The van der Waals surface area contributed by atoms with Gasteiger partial charge in [0.2, 0.25) is 5.91 Å². The fourth-order valence-corrected chi connectivity index (χ4v) is 4.94. The molecule has 4 rings (SSSR count). The van der Waals surface area contributed by atoms with Crippen molar-refractivity contribution in [1.82, 2.24) is 9.80 Å². The first-order valence-corrected chi connectivity index (χ1v) is 10.6. The molecule has 7 heteroatoms. The van der Waals surface area contributed by atoms with E-state index in [0.29, 0.717) is 19.4 Å². The van der Waals surface area contributed by atoms with Crippen molar-refractivity contribution in [2.75, 3.05) is 20.1 Å². The highest BCUT2D eigenvalue weighted by Gasteiger charge is 2.51. The van der Waals surface area contributed by atoms with Crippen molar-refractivity contribution < 1.29 is 22.7 Å². The number of likely N-dealkylation sites (tertiary alicyclic amines) is 2. The summed E-state index contributed by atoms with van der Waals surface area (Å²) in [6, 6.07) is 12.9. The predicted molar refractivity (Wildman–Crippen MR) is 111 cm³/mol. The van der Waals surface area contributed by atoms with Gasteiger partial charge < -0.3 is 14.5 Å². The van der Waals surface area contributed by atoms with E-state index in [2.05, 4.69) is 16.7 Å². The molecule has 4 nitrogen and oxygen atoms in total. The first-order valence-electron chi connectivity index (χ1n) is 10.6. The number of hydrogen-bond acceptors (Lipinski definition) is 3. The number of carbonyl (C=O) groups is 1. The van der Waals surface area contributed by atoms with Crippen molar-refractivity contribution in [3.63, 3.8) is 0 Å². The Kier molecular flexibility index (Phi) is 6.23. The minimum atomic E-state index is -2.87. The third-order valence-corrected chi connectivity index (χ3v) is 6.73. The van der Waals surface area contributed by atoms with E-state index in [1.807, 2.05) is 4.90 Å². The molecule has 0 aromatic heterocycles. The maximum atomic E-state index is 13.4. The Hall–Kier alpha value is -2.54. The molecule has 1 spiro atoms. The normalized spacial score (nSPS) is 21.3. The summed E-state index contributed by atoms with van der Waals surface area (Å²) in [4.78, 5) is 17.3. The highest BCUT2D eigenvalue weighted by molar-refractivity contribution is 5.80. The number of alkyl halides is 2. The van der Waals surface area contributed by atoms with Crippen molar-refractivity contribution in [2.45, 2.75) is 44.9 Å². The van der Waals surface area contributed by atoms with E-state index in [1.165, 1.54) is 24.3 Å². The van der Waals surface area contributed by atoms with Crippen LogP contribution in [-0.4, -0.2) is 48.5 Å². The predicted octanol–water partition coefficient (Wildman–Crippen LogP) is 4.48. The quantitative estimate of drug-likeness (QED) is 0.675. The van der Waals surface area contributed by atoms with Gasteiger partial charge in [-0.05, 0) is 74.8 Å². The number of benzene rings is 2. The van der Waals surface area contributed by atoms with Gasteiger partial charge in [0.05, 0.1) is 0 Å². The molecule has 2 aromatic carbocycles. The maximum absolute atomic E-state index is 13.4. The minimum absolute atomic E-state index is 0.0103. The van der Waals surface area contributed by atoms with Gasteiger partial charge in [-0.1, -0.05) is 24.3 Å². The van der Waals surface area contributed by atoms with Crippen LogP contribution in [0.2, 0.25) is 0 Å². The zero-order chi connectivity index (χ0) is 22.0. The van der Waals surface area contributed by atoms with Gasteiger partial charge in [0.1, 0.15) is 11.6 Å². The number of rotatable bonds is 6. The monoisotopic (exact) mass is 432 g/mol. The fourth-order valence-electron chi connectivity index (χ4n) is 4.94. The topological polar surface area (TPSA) is 32.8 Å². The molecule has 2 fully saturated rings. The molecule has 0 N–H and O–H groups in total. The lowest BCUT2D eigenvalue weighted by molar-refractivity contribution is -0.129. The highest BCUT2D eigenvalue weighted by Crippen LogP contribution is 2.47. The molecule has 1 amide bonds. The SMILES string of the molecule is CN1CCC2(CC1)CC(=O)N(Cc1ccc(OC(F)F)cc1)C2Cc1ccc(F)cc1. The number of nitrogens with zero attached hydrogens (tertiary/aromatic N) is 2. The molecule has 2 heterocycles. The lowest BCUT2D eigenvalue weighted by Crippen LogP contribution is -2.47. The summed E-state index contributed by atoms with van der Waals surface area (Å²) in [6.45, 7) is -0.561. The van der Waals surface area contributed by atoms with Crippen LogP contribution in [0.15, 0.2) is 48.5 Å². The zero-order valence-corrected chi connectivity index (χ0v) is 17.6. The number of carbonyl (C=O) groups excluding carboxylic acids is 1. The van der Waals surface area contributed by atoms with Crippen LogP contribution in [0.25, 0.3) is 0 Å². The summed E-state index contributed by atoms with van der Waals surface area (Å²) in [5.41, 5.74) is 1.77. The summed E-state index contributed by atoms with van der Waals surface area (Å²) in [5, 5.41) is 0. The Labute approximate surface area is 180 Å². The van der Waals surface area contributed by atoms with E-state index in [1.54, 1.807) is 24.3 Å². The lowest BCUT2D eigenvalue weighted by Gasteiger charge is -2.43. The molecule has 0 saturated carbocycles. The summed E-state index contributed by atoms with van der Waals surface area (Å²) in [7, 11) is 2.10. The zero-order valence-electron chi connectivity index (χ0n) is 17.6. The third-order valence-electron chi connectivity index (χ3n) is 6.73. The van der Waals surface area contributed by atoms with E-state index < -0.39 is 6.61 Å². The summed E-state index contributed by atoms with van der Waals surface area (Å²) in [6.07, 6.45) is 3.07. The van der Waals surface area contributed by atoms with Crippen LogP contribution in [0.4, 0.5) is 13.2 Å². The molecule has 2 aliphatic heterocycles. The van der Waals surface area contributed by atoms with Crippen molar-refractivity contribution in [2.24, 2.45) is 5.41 Å². The second kappa shape index (κ2) is 8.91. The molecule has 1 unspecified atom stereocenters. The molecule has 2 aromatic rings. The van der Waals surface area contributed by atoms with E-state index in [-0.39, 0.29) is 28.9 Å². The van der Waals surface area contributed by atoms with Gasteiger partial charge in [0.25, 0.3) is 0 Å². The number of hydrogen-bond donors (Lipinski definition) is 0. The van der Waals surface area contributed by atoms with Crippen LogP contribution in [0, 0.1) is 11.2 Å². The molecule has 0 aliphatic carbocycles. The van der Waals surface area contributed by atoms with Gasteiger partial charge in [-0.25, -0.2) is 4.39 Å². The van der Waals surface area contributed by atoms with Crippen LogP contribution in [0.5, 0.6) is 5.75 Å². The van der Waals surface area contributed by atoms with Crippen LogP contribution in [0.3, 0.4) is 0 Å². The molecule has 31 heavy (non-hydrogen) atoms. The second-order valence-corrected chi connectivity index (χ2v) is 8.73. The maximum Gasteiger partial charge on any atom is 0.387 e.